The monoisotopic (exact) mass is 283 g/mol. The summed E-state index contributed by atoms with van der Waals surface area (Å²) in [6.45, 7) is 2.44. The van der Waals surface area contributed by atoms with Gasteiger partial charge in [0.1, 0.15) is 5.82 Å². The molecule has 2 aromatic carbocycles. The summed E-state index contributed by atoms with van der Waals surface area (Å²) in [6, 6.07) is 10.1. The Bertz CT molecular complexity index is 568. The van der Waals surface area contributed by atoms with Crippen LogP contribution in [0, 0.1) is 12.7 Å². The van der Waals surface area contributed by atoms with Gasteiger partial charge in [0.15, 0.2) is 0 Å². The zero-order valence-electron chi connectivity index (χ0n) is 9.81. The highest BCUT2D eigenvalue weighted by Crippen LogP contribution is 2.29. The second kappa shape index (κ2) is 5.59. The Morgan fingerprint density at radius 1 is 1.17 bits per heavy atom. The molecule has 0 aromatic heterocycles. The van der Waals surface area contributed by atoms with E-state index in [1.807, 2.05) is 19.1 Å². The summed E-state index contributed by atoms with van der Waals surface area (Å²) in [6.07, 6.45) is 0. The molecule has 0 aliphatic rings. The van der Waals surface area contributed by atoms with Crippen LogP contribution < -0.4 is 5.32 Å². The maximum absolute atomic E-state index is 13.1. The fourth-order valence-corrected chi connectivity index (χ4v) is 2.03. The van der Waals surface area contributed by atoms with Crippen LogP contribution >= 0.6 is 23.2 Å². The Kier molecular flexibility index (Phi) is 4.10. The number of hydrogen-bond acceptors (Lipinski definition) is 1. The molecule has 0 fully saturated rings. The molecule has 2 rings (SSSR count). The van der Waals surface area contributed by atoms with Crippen molar-refractivity contribution >= 4 is 28.9 Å². The molecular formula is C14H12Cl2FN. The average molecular weight is 284 g/mol. The van der Waals surface area contributed by atoms with Gasteiger partial charge in [-0.15, -0.1) is 0 Å². The number of nitrogens with one attached hydrogen (secondary N) is 1. The van der Waals surface area contributed by atoms with E-state index in [4.69, 9.17) is 23.2 Å². The van der Waals surface area contributed by atoms with Crippen LogP contribution in [0.2, 0.25) is 10.0 Å². The van der Waals surface area contributed by atoms with E-state index in [9.17, 15) is 4.39 Å². The van der Waals surface area contributed by atoms with Gasteiger partial charge in [-0.2, -0.15) is 0 Å². The molecule has 1 N–H and O–H groups in total. The van der Waals surface area contributed by atoms with Gasteiger partial charge in [0.05, 0.1) is 15.7 Å². The number of anilines is 1. The Labute approximate surface area is 116 Å². The van der Waals surface area contributed by atoms with Crippen LogP contribution in [0.25, 0.3) is 0 Å². The van der Waals surface area contributed by atoms with E-state index < -0.39 is 0 Å². The van der Waals surface area contributed by atoms with Gasteiger partial charge in [0.2, 0.25) is 0 Å². The standard InChI is InChI=1S/C14H12Cl2FN/c1-9-5-6-11(17)7-10(9)8-18-13-4-2-3-12(15)14(13)16/h2-7,18H,8H2,1H3. The van der Waals surface area contributed by atoms with Crippen molar-refractivity contribution in [3.63, 3.8) is 0 Å². The van der Waals surface area contributed by atoms with Gasteiger partial charge < -0.3 is 5.32 Å². The molecule has 94 valence electrons. The molecule has 0 bridgehead atoms. The summed E-state index contributed by atoms with van der Waals surface area (Å²) in [5.41, 5.74) is 2.67. The zero-order chi connectivity index (χ0) is 13.1. The van der Waals surface area contributed by atoms with Crippen molar-refractivity contribution in [2.45, 2.75) is 13.5 Å². The molecule has 0 radical (unpaired) electrons. The molecule has 0 atom stereocenters. The van der Waals surface area contributed by atoms with Crippen molar-refractivity contribution in [3.8, 4) is 0 Å². The summed E-state index contributed by atoms with van der Waals surface area (Å²) >= 11 is 12.0. The van der Waals surface area contributed by atoms with Crippen molar-refractivity contribution in [1.82, 2.24) is 0 Å². The van der Waals surface area contributed by atoms with Crippen molar-refractivity contribution in [2.24, 2.45) is 0 Å². The fraction of sp³-hybridized carbons (Fsp3) is 0.143. The summed E-state index contributed by atoms with van der Waals surface area (Å²) in [5.74, 6) is -0.241. The van der Waals surface area contributed by atoms with Crippen molar-refractivity contribution in [2.75, 3.05) is 5.32 Å². The van der Waals surface area contributed by atoms with Gasteiger partial charge in [-0.25, -0.2) is 4.39 Å². The topological polar surface area (TPSA) is 12.0 Å². The third-order valence-electron chi connectivity index (χ3n) is 2.73. The third-order valence-corrected chi connectivity index (χ3v) is 3.55. The summed E-state index contributed by atoms with van der Waals surface area (Å²) in [5, 5.41) is 4.13. The van der Waals surface area contributed by atoms with Crippen LogP contribution in [0.5, 0.6) is 0 Å². The van der Waals surface area contributed by atoms with Crippen molar-refractivity contribution < 1.29 is 4.39 Å². The van der Waals surface area contributed by atoms with E-state index in [0.717, 1.165) is 16.8 Å². The van der Waals surface area contributed by atoms with Crippen LogP contribution in [0.3, 0.4) is 0 Å². The lowest BCUT2D eigenvalue weighted by molar-refractivity contribution is 0.625. The van der Waals surface area contributed by atoms with E-state index in [1.54, 1.807) is 12.1 Å². The highest BCUT2D eigenvalue weighted by molar-refractivity contribution is 6.43. The maximum atomic E-state index is 13.1. The highest BCUT2D eigenvalue weighted by atomic mass is 35.5. The quantitative estimate of drug-likeness (QED) is 0.831. The summed E-state index contributed by atoms with van der Waals surface area (Å²) < 4.78 is 13.1. The molecule has 0 saturated carbocycles. The van der Waals surface area contributed by atoms with Gasteiger partial charge in [-0.1, -0.05) is 35.3 Å². The molecule has 0 amide bonds. The second-order valence-electron chi connectivity index (χ2n) is 4.03. The largest absolute Gasteiger partial charge is 0.380 e. The number of hydrogen-bond donors (Lipinski definition) is 1. The maximum Gasteiger partial charge on any atom is 0.123 e. The van der Waals surface area contributed by atoms with Crippen LogP contribution in [0.15, 0.2) is 36.4 Å². The van der Waals surface area contributed by atoms with E-state index in [1.165, 1.54) is 12.1 Å². The van der Waals surface area contributed by atoms with Crippen LogP contribution in [-0.4, -0.2) is 0 Å². The van der Waals surface area contributed by atoms with Crippen LogP contribution in [0.4, 0.5) is 10.1 Å². The second-order valence-corrected chi connectivity index (χ2v) is 4.81. The number of aryl methyl sites for hydroxylation is 1. The first kappa shape index (κ1) is 13.2. The third kappa shape index (κ3) is 2.95. The van der Waals surface area contributed by atoms with E-state index in [-0.39, 0.29) is 5.82 Å². The van der Waals surface area contributed by atoms with E-state index in [2.05, 4.69) is 5.32 Å². The lowest BCUT2D eigenvalue weighted by Gasteiger charge is -2.11. The molecule has 0 heterocycles. The fourth-order valence-electron chi connectivity index (χ4n) is 1.66. The van der Waals surface area contributed by atoms with Crippen LogP contribution in [-0.2, 0) is 6.54 Å². The van der Waals surface area contributed by atoms with Gasteiger partial charge in [-0.05, 0) is 42.3 Å². The number of halogens is 3. The van der Waals surface area contributed by atoms with Crippen molar-refractivity contribution in [1.29, 1.82) is 0 Å². The van der Waals surface area contributed by atoms with Crippen molar-refractivity contribution in [3.05, 3.63) is 63.4 Å². The van der Waals surface area contributed by atoms with Gasteiger partial charge in [0.25, 0.3) is 0 Å². The first-order valence-corrected chi connectivity index (χ1v) is 6.26. The van der Waals surface area contributed by atoms with Gasteiger partial charge in [-0.3, -0.25) is 0 Å². The lowest BCUT2D eigenvalue weighted by atomic mass is 10.1. The SMILES string of the molecule is Cc1ccc(F)cc1CNc1cccc(Cl)c1Cl. The zero-order valence-corrected chi connectivity index (χ0v) is 11.3. The molecule has 4 heteroatoms. The van der Waals surface area contributed by atoms with Gasteiger partial charge in [0, 0.05) is 6.54 Å². The minimum Gasteiger partial charge on any atom is -0.380 e. The molecule has 0 saturated heterocycles. The average Bonchev–Trinajstić information content (AvgIpc) is 2.35. The molecule has 0 spiro atoms. The summed E-state index contributed by atoms with van der Waals surface area (Å²) in [4.78, 5) is 0. The lowest BCUT2D eigenvalue weighted by Crippen LogP contribution is -2.02. The first-order valence-electron chi connectivity index (χ1n) is 5.51. The number of rotatable bonds is 3. The predicted octanol–water partition coefficient (Wildman–Crippen LogP) is 5.05. The minimum atomic E-state index is -0.241. The molecule has 0 unspecified atom stereocenters. The molecular weight excluding hydrogens is 272 g/mol. The number of benzene rings is 2. The first-order chi connectivity index (χ1) is 8.58. The molecule has 1 nitrogen and oxygen atoms in total. The molecule has 18 heavy (non-hydrogen) atoms. The Balaban J connectivity index is 2.16. The highest BCUT2D eigenvalue weighted by Gasteiger charge is 2.05. The summed E-state index contributed by atoms with van der Waals surface area (Å²) in [7, 11) is 0. The molecule has 0 aliphatic heterocycles. The Morgan fingerprint density at radius 3 is 2.72 bits per heavy atom. The van der Waals surface area contributed by atoms with E-state index in [0.29, 0.717) is 16.6 Å². The minimum absolute atomic E-state index is 0.241. The van der Waals surface area contributed by atoms with Gasteiger partial charge >= 0.3 is 0 Å². The smallest absolute Gasteiger partial charge is 0.123 e. The normalized spacial score (nSPS) is 10.4. The Hall–Kier alpha value is -1.25. The Morgan fingerprint density at radius 2 is 1.94 bits per heavy atom. The van der Waals surface area contributed by atoms with Crippen LogP contribution in [0.1, 0.15) is 11.1 Å². The molecule has 2 aromatic rings. The van der Waals surface area contributed by atoms with E-state index >= 15 is 0 Å². The molecule has 0 aliphatic carbocycles. The predicted molar refractivity (Wildman–Crippen MR) is 74.9 cm³/mol.